The second-order valence-electron chi connectivity index (χ2n) is 4.09. The third kappa shape index (κ3) is 3.82. The van der Waals surface area contributed by atoms with Gasteiger partial charge in [0.1, 0.15) is 0 Å². The van der Waals surface area contributed by atoms with Crippen LogP contribution in [0.25, 0.3) is 12.2 Å². The highest BCUT2D eigenvalue weighted by Gasteiger charge is 1.93. The number of rotatable bonds is 4. The maximum Gasteiger partial charge on any atom is 0.0283 e. The zero-order valence-corrected chi connectivity index (χ0v) is 13.1. The lowest BCUT2D eigenvalue weighted by Crippen LogP contribution is -1.80. The minimum Gasteiger partial charge on any atom is -0.0876 e. The highest BCUT2D eigenvalue weighted by atomic mass is 79.9. The molecule has 0 atom stereocenters. The van der Waals surface area contributed by atoms with E-state index in [9.17, 15) is 0 Å². The minimum atomic E-state index is 0.897. The van der Waals surface area contributed by atoms with E-state index in [-0.39, 0.29) is 0 Å². The Kier molecular flexibility index (Phi) is 5.21. The molecule has 2 heteroatoms. The fourth-order valence-electron chi connectivity index (χ4n) is 1.75. The van der Waals surface area contributed by atoms with Gasteiger partial charge in [0.15, 0.2) is 0 Å². The Bertz CT molecular complexity index is 495. The van der Waals surface area contributed by atoms with Crippen molar-refractivity contribution in [3.8, 4) is 0 Å². The Morgan fingerprint density at radius 1 is 0.722 bits per heavy atom. The van der Waals surface area contributed by atoms with Crippen LogP contribution in [0.2, 0.25) is 0 Å². The van der Waals surface area contributed by atoms with Crippen molar-refractivity contribution in [3.05, 3.63) is 70.8 Å². The maximum atomic E-state index is 3.48. The van der Waals surface area contributed by atoms with Crippen LogP contribution in [-0.2, 0) is 10.7 Å². The summed E-state index contributed by atoms with van der Waals surface area (Å²) in [5.41, 5.74) is 5.06. The topological polar surface area (TPSA) is 0 Å². The molecule has 2 aromatic carbocycles. The Hall–Kier alpha value is -0.860. The fourth-order valence-corrected chi connectivity index (χ4v) is 2.45. The van der Waals surface area contributed by atoms with Gasteiger partial charge in [0.2, 0.25) is 0 Å². The van der Waals surface area contributed by atoms with E-state index < -0.39 is 0 Å². The lowest BCUT2D eigenvalue weighted by Gasteiger charge is -1.99. The van der Waals surface area contributed by atoms with E-state index in [0.29, 0.717) is 0 Å². The van der Waals surface area contributed by atoms with Gasteiger partial charge in [0.25, 0.3) is 0 Å². The van der Waals surface area contributed by atoms with Crippen LogP contribution in [0, 0.1) is 0 Å². The highest BCUT2D eigenvalue weighted by Crippen LogP contribution is 2.14. The number of alkyl halides is 2. The van der Waals surface area contributed by atoms with Crippen LogP contribution in [0.3, 0.4) is 0 Å². The van der Waals surface area contributed by atoms with Gasteiger partial charge in [-0.3, -0.25) is 0 Å². The first-order valence-corrected chi connectivity index (χ1v) is 8.04. The molecule has 0 aromatic heterocycles. The normalized spacial score (nSPS) is 11.0. The molecule has 0 aliphatic carbocycles. The van der Waals surface area contributed by atoms with Gasteiger partial charge in [0.05, 0.1) is 0 Å². The van der Waals surface area contributed by atoms with E-state index in [0.717, 1.165) is 10.7 Å². The smallest absolute Gasteiger partial charge is 0.0283 e. The van der Waals surface area contributed by atoms with Crippen LogP contribution in [0.15, 0.2) is 48.5 Å². The summed E-state index contributed by atoms with van der Waals surface area (Å²) in [5.74, 6) is 0. The first-order chi connectivity index (χ1) is 8.81. The number of benzene rings is 2. The predicted molar refractivity (Wildman–Crippen MR) is 87.1 cm³/mol. The first kappa shape index (κ1) is 13.6. The molecular formula is C16H14Br2. The molecular weight excluding hydrogens is 352 g/mol. The summed E-state index contributed by atoms with van der Waals surface area (Å²) in [4.78, 5) is 0. The monoisotopic (exact) mass is 364 g/mol. The molecule has 0 fully saturated rings. The molecule has 0 bridgehead atoms. The Balaban J connectivity index is 2.18. The van der Waals surface area contributed by atoms with Gasteiger partial charge in [0, 0.05) is 10.7 Å². The average Bonchev–Trinajstić information content (AvgIpc) is 2.45. The SMILES string of the molecule is BrCc1cccc(/C=C/c2cccc(CBr)c2)c1. The van der Waals surface area contributed by atoms with Gasteiger partial charge in [-0.1, -0.05) is 92.5 Å². The lowest BCUT2D eigenvalue weighted by molar-refractivity contribution is 1.42. The van der Waals surface area contributed by atoms with E-state index in [1.54, 1.807) is 0 Å². The van der Waals surface area contributed by atoms with Gasteiger partial charge in [-0.2, -0.15) is 0 Å². The van der Waals surface area contributed by atoms with Gasteiger partial charge in [-0.15, -0.1) is 0 Å². The molecule has 0 amide bonds. The van der Waals surface area contributed by atoms with Crippen molar-refractivity contribution in [2.45, 2.75) is 10.7 Å². The van der Waals surface area contributed by atoms with Gasteiger partial charge in [-0.25, -0.2) is 0 Å². The largest absolute Gasteiger partial charge is 0.0876 e. The molecule has 18 heavy (non-hydrogen) atoms. The summed E-state index contributed by atoms with van der Waals surface area (Å²) in [6.07, 6.45) is 4.30. The third-order valence-electron chi connectivity index (χ3n) is 2.68. The van der Waals surface area contributed by atoms with Crippen molar-refractivity contribution in [1.82, 2.24) is 0 Å². The molecule has 0 saturated heterocycles. The fraction of sp³-hybridized carbons (Fsp3) is 0.125. The molecule has 2 aromatic rings. The Labute approximate surface area is 125 Å². The zero-order chi connectivity index (χ0) is 12.8. The second-order valence-corrected chi connectivity index (χ2v) is 5.21. The molecule has 0 radical (unpaired) electrons. The highest BCUT2D eigenvalue weighted by molar-refractivity contribution is 9.08. The summed E-state index contributed by atoms with van der Waals surface area (Å²) in [6, 6.07) is 17.1. The van der Waals surface area contributed by atoms with Crippen LogP contribution >= 0.6 is 31.9 Å². The summed E-state index contributed by atoms with van der Waals surface area (Å²) in [7, 11) is 0. The first-order valence-electron chi connectivity index (χ1n) is 5.80. The third-order valence-corrected chi connectivity index (χ3v) is 3.97. The van der Waals surface area contributed by atoms with Crippen molar-refractivity contribution in [2.24, 2.45) is 0 Å². The molecule has 0 aliphatic rings. The molecule has 0 saturated carbocycles. The van der Waals surface area contributed by atoms with Crippen molar-refractivity contribution in [3.63, 3.8) is 0 Å². The average molecular weight is 366 g/mol. The van der Waals surface area contributed by atoms with Crippen LogP contribution in [0.1, 0.15) is 22.3 Å². The summed E-state index contributed by atoms with van der Waals surface area (Å²) in [5, 5.41) is 1.79. The van der Waals surface area contributed by atoms with Crippen molar-refractivity contribution in [2.75, 3.05) is 0 Å². The molecule has 0 nitrogen and oxygen atoms in total. The summed E-state index contributed by atoms with van der Waals surface area (Å²) in [6.45, 7) is 0. The number of hydrogen-bond acceptors (Lipinski definition) is 0. The molecule has 92 valence electrons. The lowest BCUT2D eigenvalue weighted by atomic mass is 10.1. The van der Waals surface area contributed by atoms with Crippen molar-refractivity contribution in [1.29, 1.82) is 0 Å². The molecule has 2 rings (SSSR count). The Morgan fingerprint density at radius 3 is 1.56 bits per heavy atom. The van der Waals surface area contributed by atoms with Crippen LogP contribution in [-0.4, -0.2) is 0 Å². The van der Waals surface area contributed by atoms with Crippen molar-refractivity contribution < 1.29 is 0 Å². The van der Waals surface area contributed by atoms with Gasteiger partial charge >= 0.3 is 0 Å². The van der Waals surface area contributed by atoms with Gasteiger partial charge < -0.3 is 0 Å². The van der Waals surface area contributed by atoms with E-state index in [2.05, 4.69) is 92.5 Å². The van der Waals surface area contributed by atoms with Gasteiger partial charge in [-0.05, 0) is 22.3 Å². The second kappa shape index (κ2) is 6.91. The van der Waals surface area contributed by atoms with Crippen LogP contribution in [0.4, 0.5) is 0 Å². The van der Waals surface area contributed by atoms with E-state index in [4.69, 9.17) is 0 Å². The maximum absolute atomic E-state index is 3.48. The van der Waals surface area contributed by atoms with Crippen molar-refractivity contribution >= 4 is 44.0 Å². The minimum absolute atomic E-state index is 0.897. The molecule has 0 spiro atoms. The molecule has 0 aliphatic heterocycles. The van der Waals surface area contributed by atoms with Crippen LogP contribution < -0.4 is 0 Å². The van der Waals surface area contributed by atoms with E-state index in [1.165, 1.54) is 22.3 Å². The summed E-state index contributed by atoms with van der Waals surface area (Å²) < 4.78 is 0. The predicted octanol–water partition coefficient (Wildman–Crippen LogP) is 5.65. The number of hydrogen-bond donors (Lipinski definition) is 0. The Morgan fingerprint density at radius 2 is 1.17 bits per heavy atom. The molecule has 0 N–H and O–H groups in total. The quantitative estimate of drug-likeness (QED) is 0.485. The summed E-state index contributed by atoms with van der Waals surface area (Å²) >= 11 is 6.95. The number of halogens is 2. The standard InChI is InChI=1S/C16H14Br2/c17-11-15-5-1-3-13(9-15)7-8-14-4-2-6-16(10-14)12-18/h1-10H,11-12H2/b8-7+. The molecule has 0 unspecified atom stereocenters. The van der Waals surface area contributed by atoms with E-state index >= 15 is 0 Å². The van der Waals surface area contributed by atoms with Crippen LogP contribution in [0.5, 0.6) is 0 Å². The zero-order valence-electron chi connectivity index (χ0n) is 9.94. The van der Waals surface area contributed by atoms with E-state index in [1.807, 2.05) is 0 Å². The molecule has 0 heterocycles.